The van der Waals surface area contributed by atoms with Crippen molar-refractivity contribution < 1.29 is 8.42 Å². The van der Waals surface area contributed by atoms with E-state index in [0.717, 1.165) is 24.3 Å². The van der Waals surface area contributed by atoms with Gasteiger partial charge in [-0.25, -0.2) is 13.1 Å². The van der Waals surface area contributed by atoms with Gasteiger partial charge in [0.05, 0.1) is 0 Å². The Labute approximate surface area is 135 Å². The summed E-state index contributed by atoms with van der Waals surface area (Å²) in [6.45, 7) is 1.33. The Morgan fingerprint density at radius 2 is 2.10 bits per heavy atom. The summed E-state index contributed by atoms with van der Waals surface area (Å²) < 4.78 is 27.8. The van der Waals surface area contributed by atoms with Crippen LogP contribution in [-0.2, 0) is 16.6 Å². The molecule has 0 bridgehead atoms. The molecule has 0 aromatic carbocycles. The minimum atomic E-state index is -3.33. The molecule has 0 radical (unpaired) electrons. The summed E-state index contributed by atoms with van der Waals surface area (Å²) in [5, 5.41) is 5.79. The zero-order valence-electron chi connectivity index (χ0n) is 12.0. The van der Waals surface area contributed by atoms with E-state index in [0.29, 0.717) is 22.0 Å². The molecule has 2 N–H and O–H groups in total. The number of hydrogen-bond donors (Lipinski definition) is 2. The third-order valence-corrected chi connectivity index (χ3v) is 8.15. The van der Waals surface area contributed by atoms with Crippen LogP contribution >= 0.6 is 23.1 Å². The van der Waals surface area contributed by atoms with Crippen LogP contribution in [0.25, 0.3) is 0 Å². The average Bonchev–Trinajstić information content (AvgIpc) is 3.20. The van der Waals surface area contributed by atoms with Crippen LogP contribution in [0, 0.1) is 0 Å². The van der Waals surface area contributed by atoms with Gasteiger partial charge in [0.2, 0.25) is 10.0 Å². The zero-order chi connectivity index (χ0) is 14.7. The highest BCUT2D eigenvalue weighted by Crippen LogP contribution is 2.26. The maximum Gasteiger partial charge on any atom is 0.250 e. The lowest BCUT2D eigenvalue weighted by Gasteiger charge is -2.21. The first-order chi connectivity index (χ1) is 10.1. The van der Waals surface area contributed by atoms with Crippen molar-refractivity contribution in [3.05, 3.63) is 17.0 Å². The molecule has 7 heteroatoms. The zero-order valence-corrected chi connectivity index (χ0v) is 14.5. The number of nitrogens with one attached hydrogen (secondary N) is 2. The highest BCUT2D eigenvalue weighted by atomic mass is 32.2. The highest BCUT2D eigenvalue weighted by Gasteiger charge is 2.22. The van der Waals surface area contributed by atoms with Crippen LogP contribution in [0.15, 0.2) is 15.7 Å². The summed E-state index contributed by atoms with van der Waals surface area (Å²) in [4.78, 5) is 0. The van der Waals surface area contributed by atoms with Crippen LogP contribution in [0.3, 0.4) is 0 Å². The van der Waals surface area contributed by atoms with E-state index in [1.165, 1.54) is 37.0 Å². The van der Waals surface area contributed by atoms with Gasteiger partial charge in [0, 0.05) is 24.4 Å². The molecule has 3 rings (SSSR count). The third kappa shape index (κ3) is 4.69. The Hall–Kier alpha value is -0.0800. The molecule has 21 heavy (non-hydrogen) atoms. The van der Waals surface area contributed by atoms with Gasteiger partial charge in [-0.15, -0.1) is 11.3 Å². The van der Waals surface area contributed by atoms with Crippen LogP contribution in [0.2, 0.25) is 0 Å². The normalized spacial score (nSPS) is 23.3. The topological polar surface area (TPSA) is 58.2 Å². The second kappa shape index (κ2) is 7.00. The molecule has 1 atom stereocenters. The van der Waals surface area contributed by atoms with Crippen LogP contribution < -0.4 is 10.0 Å². The summed E-state index contributed by atoms with van der Waals surface area (Å²) in [6.07, 6.45) is 6.09. The molecule has 1 unspecified atom stereocenters. The van der Waals surface area contributed by atoms with Crippen LogP contribution in [0.4, 0.5) is 0 Å². The van der Waals surface area contributed by atoms with E-state index in [2.05, 4.69) is 10.0 Å². The molecule has 1 aliphatic heterocycles. The summed E-state index contributed by atoms with van der Waals surface area (Å²) in [7, 11) is -3.33. The fourth-order valence-electron chi connectivity index (χ4n) is 2.38. The summed E-state index contributed by atoms with van der Waals surface area (Å²) in [6, 6.07) is 2.45. The summed E-state index contributed by atoms with van der Waals surface area (Å²) in [5.74, 6) is 1.16. The van der Waals surface area contributed by atoms with Crippen LogP contribution in [0.1, 0.15) is 37.7 Å². The summed E-state index contributed by atoms with van der Waals surface area (Å²) in [5.41, 5.74) is 1.07. The molecular formula is C14H22N2O2S3. The third-order valence-electron chi connectivity index (χ3n) is 3.84. The molecule has 0 spiro atoms. The minimum absolute atomic E-state index is 0.435. The van der Waals surface area contributed by atoms with E-state index in [-0.39, 0.29) is 0 Å². The molecule has 1 aliphatic carbocycles. The molecule has 1 aromatic rings. The monoisotopic (exact) mass is 346 g/mol. The minimum Gasteiger partial charge on any atom is -0.310 e. The Morgan fingerprint density at radius 3 is 2.81 bits per heavy atom. The fraction of sp³-hybridized carbons (Fsp3) is 0.714. The number of thioether (sulfide) groups is 1. The first-order valence-electron chi connectivity index (χ1n) is 7.55. The lowest BCUT2D eigenvalue weighted by Crippen LogP contribution is -2.31. The van der Waals surface area contributed by atoms with E-state index >= 15 is 0 Å². The van der Waals surface area contributed by atoms with Crippen molar-refractivity contribution in [3.63, 3.8) is 0 Å². The van der Waals surface area contributed by atoms with Crippen LogP contribution in [-0.4, -0.2) is 32.0 Å². The molecule has 1 aromatic heterocycles. The van der Waals surface area contributed by atoms with Crippen LogP contribution in [0.5, 0.6) is 0 Å². The SMILES string of the molecule is O=S(=O)(NCC1CCCCS1)c1cc(CNC2CC2)cs1. The molecule has 118 valence electrons. The summed E-state index contributed by atoms with van der Waals surface area (Å²) >= 11 is 3.21. The number of hydrogen-bond acceptors (Lipinski definition) is 5. The van der Waals surface area contributed by atoms with Crippen molar-refractivity contribution in [2.75, 3.05) is 12.3 Å². The van der Waals surface area contributed by atoms with E-state index in [4.69, 9.17) is 0 Å². The molecular weight excluding hydrogens is 324 g/mol. The lowest BCUT2D eigenvalue weighted by atomic mass is 10.2. The maximum absolute atomic E-state index is 12.3. The largest absolute Gasteiger partial charge is 0.310 e. The quantitative estimate of drug-likeness (QED) is 0.797. The predicted molar refractivity (Wildman–Crippen MR) is 89.5 cm³/mol. The molecule has 1 saturated carbocycles. The molecule has 2 aliphatic rings. The Morgan fingerprint density at radius 1 is 1.24 bits per heavy atom. The van der Waals surface area contributed by atoms with E-state index in [9.17, 15) is 8.42 Å². The van der Waals surface area contributed by atoms with Crippen molar-refractivity contribution in [3.8, 4) is 0 Å². The predicted octanol–water partition coefficient (Wildman–Crippen LogP) is 2.56. The Bertz CT molecular complexity index is 561. The second-order valence-electron chi connectivity index (χ2n) is 5.77. The average molecular weight is 347 g/mol. The van der Waals surface area contributed by atoms with Crippen molar-refractivity contribution in [1.82, 2.24) is 10.0 Å². The Kier molecular flexibility index (Phi) is 5.27. The van der Waals surface area contributed by atoms with Crippen molar-refractivity contribution >= 4 is 33.1 Å². The first-order valence-corrected chi connectivity index (χ1v) is 11.0. The van der Waals surface area contributed by atoms with E-state index in [1.807, 2.05) is 17.1 Å². The van der Waals surface area contributed by atoms with Gasteiger partial charge in [-0.1, -0.05) is 6.42 Å². The van der Waals surface area contributed by atoms with E-state index < -0.39 is 10.0 Å². The van der Waals surface area contributed by atoms with Crippen molar-refractivity contribution in [2.45, 2.75) is 54.1 Å². The van der Waals surface area contributed by atoms with Gasteiger partial charge < -0.3 is 5.32 Å². The molecule has 2 fully saturated rings. The van der Waals surface area contributed by atoms with Gasteiger partial charge in [0.25, 0.3) is 0 Å². The first kappa shape index (κ1) is 15.8. The van der Waals surface area contributed by atoms with Gasteiger partial charge in [-0.3, -0.25) is 0 Å². The Balaban J connectivity index is 1.53. The number of sulfonamides is 1. The van der Waals surface area contributed by atoms with Gasteiger partial charge in [-0.2, -0.15) is 11.8 Å². The number of thiophene rings is 1. The van der Waals surface area contributed by atoms with Gasteiger partial charge in [0.15, 0.2) is 0 Å². The second-order valence-corrected chi connectivity index (χ2v) is 10.1. The van der Waals surface area contributed by atoms with Gasteiger partial charge in [-0.05, 0) is 48.4 Å². The maximum atomic E-state index is 12.3. The van der Waals surface area contributed by atoms with Crippen molar-refractivity contribution in [1.29, 1.82) is 0 Å². The smallest absolute Gasteiger partial charge is 0.250 e. The van der Waals surface area contributed by atoms with Gasteiger partial charge >= 0.3 is 0 Å². The standard InChI is InChI=1S/C14H22N2O2S3/c17-21(18,16-9-13-3-1-2-6-19-13)14-7-11(10-20-14)8-15-12-4-5-12/h7,10,12-13,15-16H,1-6,8-9H2. The molecule has 0 amide bonds. The van der Waals surface area contributed by atoms with Crippen molar-refractivity contribution in [2.24, 2.45) is 0 Å². The molecule has 4 nitrogen and oxygen atoms in total. The lowest BCUT2D eigenvalue weighted by molar-refractivity contribution is 0.575. The number of rotatable bonds is 7. The fourth-order valence-corrected chi connectivity index (χ4v) is 6.06. The van der Waals surface area contributed by atoms with Gasteiger partial charge in [0.1, 0.15) is 4.21 Å². The van der Waals surface area contributed by atoms with E-state index in [1.54, 1.807) is 6.07 Å². The molecule has 2 heterocycles. The highest BCUT2D eigenvalue weighted by molar-refractivity contribution is 8.00. The molecule has 1 saturated heterocycles.